The average Bonchev–Trinajstić information content (AvgIpc) is 2.49. The van der Waals surface area contributed by atoms with Crippen molar-refractivity contribution in [3.8, 4) is 0 Å². The van der Waals surface area contributed by atoms with Crippen molar-refractivity contribution < 1.29 is 18.3 Å². The molecular weight excluding hydrogens is 195 g/mol. The van der Waals surface area contributed by atoms with Gasteiger partial charge in [0.05, 0.1) is 6.61 Å². The van der Waals surface area contributed by atoms with Gasteiger partial charge in [-0.15, -0.1) is 0 Å². The van der Waals surface area contributed by atoms with Crippen LogP contribution < -0.4 is 0 Å². The molecule has 1 saturated heterocycles. The number of alkyl halides is 3. The molecule has 1 heterocycles. The summed E-state index contributed by atoms with van der Waals surface area (Å²) in [4.78, 5) is 1.95. The topological polar surface area (TPSA) is 23.5 Å². The van der Waals surface area contributed by atoms with Crippen LogP contribution in [-0.2, 0) is 0 Å². The van der Waals surface area contributed by atoms with Gasteiger partial charge < -0.3 is 5.11 Å². The minimum Gasteiger partial charge on any atom is -0.395 e. The molecule has 0 spiro atoms. The maximum absolute atomic E-state index is 11.8. The highest BCUT2D eigenvalue weighted by Gasteiger charge is 2.28. The number of nitrogens with zero attached hydrogens (tertiary/aromatic N) is 1. The van der Waals surface area contributed by atoms with Gasteiger partial charge in [-0.05, 0) is 32.4 Å². The van der Waals surface area contributed by atoms with Gasteiger partial charge in [-0.2, -0.15) is 13.2 Å². The largest absolute Gasteiger partial charge is 0.395 e. The summed E-state index contributed by atoms with van der Waals surface area (Å²) in [6.45, 7) is 1.33. The lowest BCUT2D eigenvalue weighted by Crippen LogP contribution is -2.33. The molecule has 2 nitrogen and oxygen atoms in total. The van der Waals surface area contributed by atoms with Gasteiger partial charge in [0.2, 0.25) is 0 Å². The number of aliphatic hydroxyl groups excluding tert-OH is 1. The summed E-state index contributed by atoms with van der Waals surface area (Å²) in [6, 6.07) is 0.0863. The van der Waals surface area contributed by atoms with Crippen LogP contribution in [0.15, 0.2) is 0 Å². The fourth-order valence-corrected chi connectivity index (χ4v) is 1.88. The number of rotatable bonds is 4. The van der Waals surface area contributed by atoms with E-state index in [1.54, 1.807) is 0 Å². The van der Waals surface area contributed by atoms with Crippen molar-refractivity contribution in [1.29, 1.82) is 0 Å². The zero-order valence-electron chi connectivity index (χ0n) is 8.06. The predicted octanol–water partition coefficient (Wildman–Crippen LogP) is 1.79. The standard InChI is InChI=1S/C9H16F3NO/c10-9(11,12)4-2-6-13-5-1-3-8(13)7-14/h8,14H,1-7H2. The molecule has 0 aromatic carbocycles. The van der Waals surface area contributed by atoms with E-state index in [1.165, 1.54) is 0 Å². The molecule has 1 aliphatic rings. The molecule has 0 radical (unpaired) electrons. The molecule has 1 aliphatic heterocycles. The zero-order chi connectivity index (χ0) is 10.6. The Balaban J connectivity index is 2.18. The number of aliphatic hydroxyl groups is 1. The van der Waals surface area contributed by atoms with E-state index in [0.29, 0.717) is 6.54 Å². The second-order valence-corrected chi connectivity index (χ2v) is 3.73. The normalized spacial score (nSPS) is 24.4. The van der Waals surface area contributed by atoms with E-state index in [-0.39, 0.29) is 19.1 Å². The summed E-state index contributed by atoms with van der Waals surface area (Å²) in [5.41, 5.74) is 0. The molecule has 1 fully saturated rings. The van der Waals surface area contributed by atoms with E-state index in [4.69, 9.17) is 5.11 Å². The fourth-order valence-electron chi connectivity index (χ4n) is 1.88. The maximum atomic E-state index is 11.8. The van der Waals surface area contributed by atoms with Crippen molar-refractivity contribution in [2.75, 3.05) is 19.7 Å². The third-order valence-electron chi connectivity index (χ3n) is 2.62. The first-order valence-electron chi connectivity index (χ1n) is 4.94. The Bertz CT molecular complexity index is 172. The molecule has 84 valence electrons. The van der Waals surface area contributed by atoms with Crippen LogP contribution in [-0.4, -0.2) is 41.9 Å². The fraction of sp³-hybridized carbons (Fsp3) is 1.00. The first-order valence-corrected chi connectivity index (χ1v) is 4.94. The Morgan fingerprint density at radius 1 is 1.36 bits per heavy atom. The van der Waals surface area contributed by atoms with Crippen LogP contribution in [0.25, 0.3) is 0 Å². The minimum absolute atomic E-state index is 0.0615. The minimum atomic E-state index is -4.05. The van der Waals surface area contributed by atoms with Crippen LogP contribution in [0, 0.1) is 0 Å². The maximum Gasteiger partial charge on any atom is 0.389 e. The van der Waals surface area contributed by atoms with E-state index in [0.717, 1.165) is 19.4 Å². The lowest BCUT2D eigenvalue weighted by atomic mass is 10.2. The van der Waals surface area contributed by atoms with Crippen molar-refractivity contribution in [2.45, 2.75) is 37.9 Å². The highest BCUT2D eigenvalue weighted by Crippen LogP contribution is 2.23. The highest BCUT2D eigenvalue weighted by atomic mass is 19.4. The van der Waals surface area contributed by atoms with Crippen molar-refractivity contribution >= 4 is 0 Å². The zero-order valence-corrected chi connectivity index (χ0v) is 8.06. The number of hydrogen-bond acceptors (Lipinski definition) is 2. The number of hydrogen-bond donors (Lipinski definition) is 1. The first-order chi connectivity index (χ1) is 6.53. The van der Waals surface area contributed by atoms with Gasteiger partial charge in [-0.1, -0.05) is 0 Å². The summed E-state index contributed by atoms with van der Waals surface area (Å²) in [5, 5.41) is 8.93. The first kappa shape index (κ1) is 11.8. The molecule has 1 rings (SSSR count). The number of likely N-dealkylation sites (tertiary alicyclic amines) is 1. The predicted molar refractivity (Wildman–Crippen MR) is 47.0 cm³/mol. The molecule has 1 atom stereocenters. The summed E-state index contributed by atoms with van der Waals surface area (Å²) in [6.07, 6.45) is -2.74. The smallest absolute Gasteiger partial charge is 0.389 e. The third-order valence-corrected chi connectivity index (χ3v) is 2.62. The van der Waals surface area contributed by atoms with Gasteiger partial charge >= 0.3 is 6.18 Å². The van der Waals surface area contributed by atoms with E-state index < -0.39 is 12.6 Å². The number of halogens is 3. The lowest BCUT2D eigenvalue weighted by molar-refractivity contribution is -0.136. The van der Waals surface area contributed by atoms with Gasteiger partial charge in [0, 0.05) is 12.5 Å². The van der Waals surface area contributed by atoms with Crippen LogP contribution in [0.4, 0.5) is 13.2 Å². The second kappa shape index (κ2) is 4.98. The molecule has 0 aliphatic carbocycles. The molecule has 0 amide bonds. The lowest BCUT2D eigenvalue weighted by Gasteiger charge is -2.22. The second-order valence-electron chi connectivity index (χ2n) is 3.73. The van der Waals surface area contributed by atoms with E-state index in [9.17, 15) is 13.2 Å². The van der Waals surface area contributed by atoms with Crippen molar-refractivity contribution in [3.05, 3.63) is 0 Å². The van der Waals surface area contributed by atoms with Crippen molar-refractivity contribution in [1.82, 2.24) is 4.90 Å². The summed E-state index contributed by atoms with van der Waals surface area (Å²) in [5.74, 6) is 0. The van der Waals surface area contributed by atoms with Gasteiger partial charge in [0.25, 0.3) is 0 Å². The monoisotopic (exact) mass is 211 g/mol. The summed E-state index contributed by atoms with van der Waals surface area (Å²) in [7, 11) is 0. The van der Waals surface area contributed by atoms with Crippen LogP contribution in [0.3, 0.4) is 0 Å². The average molecular weight is 211 g/mol. The van der Waals surface area contributed by atoms with Crippen LogP contribution in [0.5, 0.6) is 0 Å². The van der Waals surface area contributed by atoms with E-state index in [2.05, 4.69) is 0 Å². The van der Waals surface area contributed by atoms with Crippen molar-refractivity contribution in [2.24, 2.45) is 0 Å². The van der Waals surface area contributed by atoms with Crippen LogP contribution >= 0.6 is 0 Å². The Kier molecular flexibility index (Phi) is 4.19. The SMILES string of the molecule is OCC1CCCN1CCCC(F)(F)F. The van der Waals surface area contributed by atoms with Gasteiger partial charge in [0.1, 0.15) is 0 Å². The van der Waals surface area contributed by atoms with Gasteiger partial charge in [-0.25, -0.2) is 0 Å². The molecular formula is C9H16F3NO. The molecule has 0 bridgehead atoms. The Labute approximate surface area is 81.7 Å². The van der Waals surface area contributed by atoms with Crippen LogP contribution in [0.1, 0.15) is 25.7 Å². The van der Waals surface area contributed by atoms with Crippen molar-refractivity contribution in [3.63, 3.8) is 0 Å². The molecule has 0 aromatic rings. The highest BCUT2D eigenvalue weighted by molar-refractivity contribution is 4.78. The van der Waals surface area contributed by atoms with Gasteiger partial charge in [-0.3, -0.25) is 4.90 Å². The molecule has 1 unspecified atom stereocenters. The molecule has 14 heavy (non-hydrogen) atoms. The molecule has 0 aromatic heterocycles. The van der Waals surface area contributed by atoms with E-state index in [1.807, 2.05) is 4.90 Å². The Morgan fingerprint density at radius 3 is 2.64 bits per heavy atom. The third kappa shape index (κ3) is 3.84. The van der Waals surface area contributed by atoms with Crippen LogP contribution in [0.2, 0.25) is 0 Å². The summed E-state index contributed by atoms with van der Waals surface area (Å²) >= 11 is 0. The molecule has 5 heteroatoms. The van der Waals surface area contributed by atoms with E-state index >= 15 is 0 Å². The van der Waals surface area contributed by atoms with Gasteiger partial charge in [0.15, 0.2) is 0 Å². The Morgan fingerprint density at radius 2 is 2.07 bits per heavy atom. The quantitative estimate of drug-likeness (QED) is 0.766. The molecule has 0 saturated carbocycles. The Hall–Kier alpha value is -0.290. The molecule has 1 N–H and O–H groups in total. The summed E-state index contributed by atoms with van der Waals surface area (Å²) < 4.78 is 35.5.